The van der Waals surface area contributed by atoms with Crippen molar-refractivity contribution in [2.75, 3.05) is 13.2 Å². The molecular weight excluding hydrogens is 620 g/mol. The molecule has 1 aliphatic heterocycles. The van der Waals surface area contributed by atoms with E-state index in [4.69, 9.17) is 19.6 Å². The van der Waals surface area contributed by atoms with Gasteiger partial charge in [0, 0.05) is 41.6 Å². The van der Waals surface area contributed by atoms with E-state index >= 15 is 0 Å². The molecule has 0 fully saturated rings. The van der Waals surface area contributed by atoms with Crippen molar-refractivity contribution in [3.63, 3.8) is 0 Å². The molecule has 0 spiro atoms. The summed E-state index contributed by atoms with van der Waals surface area (Å²) in [5.41, 5.74) is 6.28. The molecule has 5 rings (SSSR count). The van der Waals surface area contributed by atoms with E-state index in [2.05, 4.69) is 26.8 Å². The first-order valence-electron chi connectivity index (χ1n) is 13.8. The van der Waals surface area contributed by atoms with Crippen molar-refractivity contribution < 1.29 is 28.2 Å². The number of hydrogen-bond donors (Lipinski definition) is 3. The molecule has 43 heavy (non-hydrogen) atoms. The number of nitrogens with one attached hydrogen (secondary N) is 2. The number of carbonyl (C=O) groups is 1. The molecule has 1 amide bonds. The maximum Gasteiger partial charge on any atom is 0.266 e. The van der Waals surface area contributed by atoms with E-state index in [1.807, 2.05) is 54.6 Å². The van der Waals surface area contributed by atoms with E-state index in [0.717, 1.165) is 33.8 Å². The van der Waals surface area contributed by atoms with Gasteiger partial charge in [-0.3, -0.25) is 10.2 Å². The molecule has 222 valence electrons. The molecule has 0 saturated heterocycles. The quantitative estimate of drug-likeness (QED) is 0.133. The van der Waals surface area contributed by atoms with Crippen molar-refractivity contribution in [2.24, 2.45) is 4.99 Å². The number of rotatable bonds is 12. The van der Waals surface area contributed by atoms with Crippen molar-refractivity contribution in [3.05, 3.63) is 135 Å². The van der Waals surface area contributed by atoms with Gasteiger partial charge < -0.3 is 14.6 Å². The summed E-state index contributed by atoms with van der Waals surface area (Å²) in [6.07, 6.45) is -0.0993. The Morgan fingerprint density at radius 3 is 2.47 bits per heavy atom. The van der Waals surface area contributed by atoms with E-state index in [0.29, 0.717) is 24.3 Å². The number of carbonyl (C=O) groups excluding carboxylic acids is 1. The Morgan fingerprint density at radius 1 is 1.00 bits per heavy atom. The van der Waals surface area contributed by atoms with Crippen LogP contribution in [0.5, 0.6) is 5.75 Å². The summed E-state index contributed by atoms with van der Waals surface area (Å²) >= 11 is 3.46. The van der Waals surface area contributed by atoms with E-state index in [9.17, 15) is 13.6 Å². The van der Waals surface area contributed by atoms with Gasteiger partial charge in [0.25, 0.3) is 5.91 Å². The van der Waals surface area contributed by atoms with E-state index in [1.54, 1.807) is 24.3 Å². The van der Waals surface area contributed by atoms with Gasteiger partial charge in [0.2, 0.25) is 5.90 Å². The summed E-state index contributed by atoms with van der Waals surface area (Å²) in [6, 6.07) is 27.2. The second-order valence-electron chi connectivity index (χ2n) is 10.0. The van der Waals surface area contributed by atoms with Gasteiger partial charge in [-0.15, -0.1) is 0 Å². The van der Waals surface area contributed by atoms with Crippen LogP contribution in [-0.2, 0) is 22.5 Å². The van der Waals surface area contributed by atoms with E-state index in [-0.39, 0.29) is 31.0 Å². The Hall–Kier alpha value is -4.12. The minimum absolute atomic E-state index is 0.0398. The number of benzene rings is 4. The maximum absolute atomic E-state index is 14.2. The zero-order valence-electron chi connectivity index (χ0n) is 23.1. The highest BCUT2D eigenvalue weighted by atomic mass is 79.9. The molecule has 0 aromatic heterocycles. The fraction of sp³-hybridized carbons (Fsp3) is 0.212. The summed E-state index contributed by atoms with van der Waals surface area (Å²) in [4.78, 5) is 19.1. The number of nitrogens with zero attached hydrogens (tertiary/aromatic N) is 1. The number of aliphatic imine (C=N–C) groups is 1. The van der Waals surface area contributed by atoms with Crippen LogP contribution < -0.4 is 15.6 Å². The molecule has 10 heteroatoms. The van der Waals surface area contributed by atoms with Gasteiger partial charge in [0.15, 0.2) is 11.6 Å². The lowest BCUT2D eigenvalue weighted by Crippen LogP contribution is -2.53. The Morgan fingerprint density at radius 2 is 1.74 bits per heavy atom. The van der Waals surface area contributed by atoms with Crippen molar-refractivity contribution in [1.29, 1.82) is 0 Å². The Bertz CT molecular complexity index is 1570. The number of hydrazine groups is 1. The molecule has 0 bridgehead atoms. The number of hydrogen-bond acceptors (Lipinski definition) is 6. The first kappa shape index (κ1) is 30.3. The molecular formula is C33H30BrF2N3O4. The van der Waals surface area contributed by atoms with Crippen molar-refractivity contribution in [2.45, 2.75) is 31.0 Å². The molecule has 4 aromatic carbocycles. The number of aliphatic hydroxyl groups is 1. The molecule has 1 heterocycles. The molecule has 0 saturated carbocycles. The maximum atomic E-state index is 14.2. The number of halogens is 3. The van der Waals surface area contributed by atoms with Gasteiger partial charge in [-0.05, 0) is 65.7 Å². The number of aliphatic hydroxyl groups excluding tert-OH is 1. The van der Waals surface area contributed by atoms with Crippen LogP contribution in [-0.4, -0.2) is 35.7 Å². The lowest BCUT2D eigenvalue weighted by atomic mass is 9.82. The van der Waals surface area contributed by atoms with Gasteiger partial charge >= 0.3 is 0 Å². The fourth-order valence-corrected chi connectivity index (χ4v) is 5.09. The third kappa shape index (κ3) is 7.27. The molecule has 0 radical (unpaired) electrons. The lowest BCUT2D eigenvalue weighted by Gasteiger charge is -2.31. The normalized spacial score (nSPS) is 17.7. The van der Waals surface area contributed by atoms with Crippen LogP contribution in [0.2, 0.25) is 0 Å². The van der Waals surface area contributed by atoms with E-state index in [1.165, 1.54) is 0 Å². The molecule has 2 atom stereocenters. The van der Waals surface area contributed by atoms with Crippen LogP contribution in [0, 0.1) is 11.6 Å². The van der Waals surface area contributed by atoms with Crippen molar-refractivity contribution in [3.8, 4) is 5.75 Å². The Labute approximate surface area is 256 Å². The average Bonchev–Trinajstić information content (AvgIpc) is 3.41. The summed E-state index contributed by atoms with van der Waals surface area (Å²) in [7, 11) is 0. The van der Waals surface area contributed by atoms with Gasteiger partial charge in [-0.25, -0.2) is 19.2 Å². The standard InChI is InChI=1S/C33H30BrF2N3O4/c34-26-11-7-22(8-12-26)20-33(32(41)39-37-21-25-19-27(35)13-16-29(25)36)30(23-5-2-1-3-6-23)43-31(38-33)24-9-14-28(15-10-24)42-18-4-17-40/h1-3,5-16,19,30,37,40H,4,17-18,20-21H2,(H,39,41)/t30-,33-/m0/s1. The largest absolute Gasteiger partial charge is 0.494 e. The smallest absolute Gasteiger partial charge is 0.266 e. The average molecular weight is 651 g/mol. The minimum atomic E-state index is -1.46. The van der Waals surface area contributed by atoms with Crippen LogP contribution in [0.3, 0.4) is 0 Å². The van der Waals surface area contributed by atoms with Gasteiger partial charge in [-0.1, -0.05) is 58.4 Å². The summed E-state index contributed by atoms with van der Waals surface area (Å²) < 4.78 is 41.0. The first-order chi connectivity index (χ1) is 20.9. The zero-order chi connectivity index (χ0) is 30.2. The predicted octanol–water partition coefficient (Wildman–Crippen LogP) is 5.81. The predicted molar refractivity (Wildman–Crippen MR) is 162 cm³/mol. The van der Waals surface area contributed by atoms with Crippen molar-refractivity contribution >= 4 is 27.7 Å². The number of ether oxygens (including phenoxy) is 2. The summed E-state index contributed by atoms with van der Waals surface area (Å²) in [6.45, 7) is 0.277. The van der Waals surface area contributed by atoms with Crippen LogP contribution in [0.15, 0.2) is 107 Å². The second kappa shape index (κ2) is 13.9. The number of amides is 1. The second-order valence-corrected chi connectivity index (χ2v) is 11.0. The minimum Gasteiger partial charge on any atom is -0.494 e. The lowest BCUT2D eigenvalue weighted by molar-refractivity contribution is -0.130. The first-order valence-corrected chi connectivity index (χ1v) is 14.5. The SMILES string of the molecule is O=C(NNCc1cc(F)ccc1F)[C@@]1(Cc2ccc(Br)cc2)N=C(c2ccc(OCCCO)cc2)O[C@H]1c1ccccc1. The van der Waals surface area contributed by atoms with E-state index < -0.39 is 29.2 Å². The highest BCUT2D eigenvalue weighted by molar-refractivity contribution is 9.10. The van der Waals surface area contributed by atoms with Crippen LogP contribution in [0.4, 0.5) is 8.78 Å². The van der Waals surface area contributed by atoms with Crippen LogP contribution >= 0.6 is 15.9 Å². The zero-order valence-corrected chi connectivity index (χ0v) is 24.7. The molecule has 7 nitrogen and oxygen atoms in total. The third-order valence-corrected chi connectivity index (χ3v) is 7.54. The topological polar surface area (TPSA) is 92.2 Å². The molecule has 3 N–H and O–H groups in total. The Kier molecular flexibility index (Phi) is 9.81. The highest BCUT2D eigenvalue weighted by Crippen LogP contribution is 2.42. The molecule has 0 unspecified atom stereocenters. The highest BCUT2D eigenvalue weighted by Gasteiger charge is 2.53. The van der Waals surface area contributed by atoms with Gasteiger partial charge in [-0.2, -0.15) is 0 Å². The monoisotopic (exact) mass is 649 g/mol. The molecule has 1 aliphatic rings. The van der Waals surface area contributed by atoms with Gasteiger partial charge in [0.05, 0.1) is 6.61 Å². The molecule has 4 aromatic rings. The van der Waals surface area contributed by atoms with Crippen molar-refractivity contribution in [1.82, 2.24) is 10.9 Å². The summed E-state index contributed by atoms with van der Waals surface area (Å²) in [5, 5.41) is 9.02. The van der Waals surface area contributed by atoms with Crippen LogP contribution in [0.25, 0.3) is 0 Å². The summed E-state index contributed by atoms with van der Waals surface area (Å²) in [5.74, 6) is -0.769. The third-order valence-electron chi connectivity index (χ3n) is 7.01. The fourth-order valence-electron chi connectivity index (χ4n) is 4.83. The van der Waals surface area contributed by atoms with Crippen LogP contribution in [0.1, 0.15) is 34.8 Å². The molecule has 0 aliphatic carbocycles. The Balaban J connectivity index is 1.50. The van der Waals surface area contributed by atoms with Gasteiger partial charge in [0.1, 0.15) is 17.4 Å².